The van der Waals surface area contributed by atoms with Gasteiger partial charge in [-0.25, -0.2) is 0 Å². The molecule has 0 aromatic carbocycles. The monoisotopic (exact) mass is 182 g/mol. The third-order valence-corrected chi connectivity index (χ3v) is 2.97. The van der Waals surface area contributed by atoms with Crippen LogP contribution in [0.25, 0.3) is 0 Å². The molecular weight excluding hydrogens is 164 g/mol. The van der Waals surface area contributed by atoms with E-state index < -0.39 is 0 Å². The molecule has 0 amide bonds. The molecule has 1 rings (SSSR count). The standard InChI is InChI=1S/C11H18S/c1-10(2)6-3-4-7-11-8-5-9-12-11/h5,8-10H,3-4,6-7H2,1-2H3. The number of hydrogen-bond acceptors (Lipinski definition) is 1. The van der Waals surface area contributed by atoms with Crippen LogP contribution >= 0.6 is 11.3 Å². The average Bonchev–Trinajstić information content (AvgIpc) is 2.49. The van der Waals surface area contributed by atoms with Gasteiger partial charge in [-0.3, -0.25) is 0 Å². The van der Waals surface area contributed by atoms with Gasteiger partial charge in [0.1, 0.15) is 0 Å². The molecule has 68 valence electrons. The van der Waals surface area contributed by atoms with Gasteiger partial charge in [0.25, 0.3) is 0 Å². The number of aryl methyl sites for hydroxylation is 1. The first-order valence-electron chi connectivity index (χ1n) is 4.81. The average molecular weight is 182 g/mol. The first-order valence-corrected chi connectivity index (χ1v) is 5.69. The lowest BCUT2D eigenvalue weighted by atomic mass is 10.1. The van der Waals surface area contributed by atoms with Gasteiger partial charge in [-0.1, -0.05) is 32.8 Å². The molecular formula is C11H18S. The molecule has 0 aliphatic heterocycles. The van der Waals surface area contributed by atoms with Crippen molar-refractivity contribution in [3.63, 3.8) is 0 Å². The van der Waals surface area contributed by atoms with Crippen LogP contribution in [0.4, 0.5) is 0 Å². The second kappa shape index (κ2) is 5.36. The Morgan fingerprint density at radius 2 is 2.17 bits per heavy atom. The summed E-state index contributed by atoms with van der Waals surface area (Å²) in [7, 11) is 0. The molecule has 1 aromatic heterocycles. The Hall–Kier alpha value is -0.300. The highest BCUT2D eigenvalue weighted by atomic mass is 32.1. The minimum atomic E-state index is 0.869. The lowest BCUT2D eigenvalue weighted by molar-refractivity contribution is 0.539. The molecule has 1 heterocycles. The number of unbranched alkanes of at least 4 members (excludes halogenated alkanes) is 1. The Morgan fingerprint density at radius 3 is 2.75 bits per heavy atom. The second-order valence-electron chi connectivity index (χ2n) is 3.72. The van der Waals surface area contributed by atoms with E-state index in [0.29, 0.717) is 0 Å². The van der Waals surface area contributed by atoms with Crippen molar-refractivity contribution in [1.29, 1.82) is 0 Å². The van der Waals surface area contributed by atoms with Crippen LogP contribution < -0.4 is 0 Å². The lowest BCUT2D eigenvalue weighted by Gasteiger charge is -2.02. The largest absolute Gasteiger partial charge is 0.149 e. The minimum Gasteiger partial charge on any atom is -0.149 e. The Morgan fingerprint density at radius 1 is 1.33 bits per heavy atom. The van der Waals surface area contributed by atoms with E-state index in [-0.39, 0.29) is 0 Å². The van der Waals surface area contributed by atoms with Gasteiger partial charge in [0.15, 0.2) is 0 Å². The number of thiophene rings is 1. The Balaban J connectivity index is 2.04. The van der Waals surface area contributed by atoms with Gasteiger partial charge >= 0.3 is 0 Å². The molecule has 0 aliphatic rings. The van der Waals surface area contributed by atoms with Crippen LogP contribution in [0.3, 0.4) is 0 Å². The predicted octanol–water partition coefficient (Wildman–Crippen LogP) is 4.12. The Kier molecular flexibility index (Phi) is 4.37. The van der Waals surface area contributed by atoms with Crippen molar-refractivity contribution < 1.29 is 0 Å². The maximum absolute atomic E-state index is 2.30. The summed E-state index contributed by atoms with van der Waals surface area (Å²) in [6.45, 7) is 4.59. The van der Waals surface area contributed by atoms with E-state index >= 15 is 0 Å². The zero-order valence-corrected chi connectivity index (χ0v) is 8.86. The smallest absolute Gasteiger partial charge is 0.00452 e. The van der Waals surface area contributed by atoms with Crippen LogP contribution in [0.1, 0.15) is 38.0 Å². The van der Waals surface area contributed by atoms with E-state index in [9.17, 15) is 0 Å². The van der Waals surface area contributed by atoms with E-state index in [0.717, 1.165) is 5.92 Å². The van der Waals surface area contributed by atoms with Gasteiger partial charge in [0.05, 0.1) is 0 Å². The highest BCUT2D eigenvalue weighted by Gasteiger charge is 1.96. The van der Waals surface area contributed by atoms with Gasteiger partial charge in [0, 0.05) is 4.88 Å². The van der Waals surface area contributed by atoms with Gasteiger partial charge in [-0.2, -0.15) is 0 Å². The summed E-state index contributed by atoms with van der Waals surface area (Å²) in [5, 5.41) is 2.16. The molecule has 0 nitrogen and oxygen atoms in total. The molecule has 0 unspecified atom stereocenters. The van der Waals surface area contributed by atoms with Crippen molar-refractivity contribution in [2.24, 2.45) is 5.92 Å². The van der Waals surface area contributed by atoms with Crippen LogP contribution in [-0.4, -0.2) is 0 Å². The molecule has 1 heteroatoms. The normalized spacial score (nSPS) is 10.9. The molecule has 0 radical (unpaired) electrons. The molecule has 0 fully saturated rings. The quantitative estimate of drug-likeness (QED) is 0.601. The van der Waals surface area contributed by atoms with Crippen molar-refractivity contribution in [2.75, 3.05) is 0 Å². The van der Waals surface area contributed by atoms with Crippen molar-refractivity contribution in [2.45, 2.75) is 39.5 Å². The molecule has 0 bridgehead atoms. The zero-order valence-electron chi connectivity index (χ0n) is 8.05. The minimum absolute atomic E-state index is 0.869. The fourth-order valence-corrected chi connectivity index (χ4v) is 2.06. The van der Waals surface area contributed by atoms with E-state index in [4.69, 9.17) is 0 Å². The second-order valence-corrected chi connectivity index (χ2v) is 4.75. The lowest BCUT2D eigenvalue weighted by Crippen LogP contribution is -1.88. The highest BCUT2D eigenvalue weighted by Crippen LogP contribution is 2.14. The summed E-state index contributed by atoms with van der Waals surface area (Å²) < 4.78 is 0. The molecule has 1 aromatic rings. The van der Waals surface area contributed by atoms with Crippen molar-refractivity contribution >= 4 is 11.3 Å². The van der Waals surface area contributed by atoms with Crippen molar-refractivity contribution in [1.82, 2.24) is 0 Å². The number of hydrogen-bond donors (Lipinski definition) is 0. The maximum atomic E-state index is 2.30. The summed E-state index contributed by atoms with van der Waals surface area (Å²) in [6.07, 6.45) is 5.41. The van der Waals surface area contributed by atoms with E-state index in [1.807, 2.05) is 11.3 Å². The maximum Gasteiger partial charge on any atom is 0.00452 e. The van der Waals surface area contributed by atoms with Crippen LogP contribution in [0, 0.1) is 5.92 Å². The summed E-state index contributed by atoms with van der Waals surface area (Å²) in [5.41, 5.74) is 0. The van der Waals surface area contributed by atoms with Crippen LogP contribution in [0.2, 0.25) is 0 Å². The van der Waals surface area contributed by atoms with Crippen LogP contribution in [-0.2, 0) is 6.42 Å². The fourth-order valence-electron chi connectivity index (χ4n) is 1.31. The molecule has 0 spiro atoms. The Bertz CT molecular complexity index is 187. The fraction of sp³-hybridized carbons (Fsp3) is 0.636. The van der Waals surface area contributed by atoms with Crippen molar-refractivity contribution in [3.05, 3.63) is 22.4 Å². The predicted molar refractivity (Wildman–Crippen MR) is 56.7 cm³/mol. The third kappa shape index (κ3) is 3.91. The molecule has 0 aliphatic carbocycles. The highest BCUT2D eigenvalue weighted by molar-refractivity contribution is 7.09. The van der Waals surface area contributed by atoms with Crippen LogP contribution in [0.15, 0.2) is 17.5 Å². The molecule has 0 atom stereocenters. The van der Waals surface area contributed by atoms with E-state index in [2.05, 4.69) is 31.4 Å². The summed E-state index contributed by atoms with van der Waals surface area (Å²) in [4.78, 5) is 1.54. The molecule has 0 saturated heterocycles. The Labute approximate surface area is 79.6 Å². The van der Waals surface area contributed by atoms with Gasteiger partial charge in [-0.05, 0) is 30.2 Å². The van der Waals surface area contributed by atoms with Crippen LogP contribution in [0.5, 0.6) is 0 Å². The van der Waals surface area contributed by atoms with E-state index in [1.165, 1.54) is 25.7 Å². The summed E-state index contributed by atoms with van der Waals surface area (Å²) >= 11 is 1.88. The first kappa shape index (κ1) is 9.79. The summed E-state index contributed by atoms with van der Waals surface area (Å²) in [5.74, 6) is 0.869. The third-order valence-electron chi connectivity index (χ3n) is 2.03. The number of rotatable bonds is 5. The van der Waals surface area contributed by atoms with Crippen molar-refractivity contribution in [3.8, 4) is 0 Å². The summed E-state index contributed by atoms with van der Waals surface area (Å²) in [6, 6.07) is 4.38. The molecule has 0 N–H and O–H groups in total. The van der Waals surface area contributed by atoms with Gasteiger partial charge in [0.2, 0.25) is 0 Å². The zero-order chi connectivity index (χ0) is 8.81. The molecule has 12 heavy (non-hydrogen) atoms. The first-order chi connectivity index (χ1) is 5.79. The van der Waals surface area contributed by atoms with Gasteiger partial charge in [-0.15, -0.1) is 11.3 Å². The van der Waals surface area contributed by atoms with E-state index in [1.54, 1.807) is 4.88 Å². The molecule has 0 saturated carbocycles. The topological polar surface area (TPSA) is 0 Å². The van der Waals surface area contributed by atoms with Gasteiger partial charge < -0.3 is 0 Å². The SMILES string of the molecule is CC(C)CCCCc1cccs1.